The molecular formula is C14H19F3O2. The lowest BCUT2D eigenvalue weighted by Gasteiger charge is -2.25. The Morgan fingerprint density at radius 1 is 1.26 bits per heavy atom. The van der Waals surface area contributed by atoms with E-state index in [0.717, 1.165) is 12.1 Å². The van der Waals surface area contributed by atoms with Crippen LogP contribution in [0.1, 0.15) is 25.0 Å². The van der Waals surface area contributed by atoms with E-state index in [9.17, 15) is 18.3 Å². The Hall–Kier alpha value is -1.07. The quantitative estimate of drug-likeness (QED) is 0.894. The molecule has 0 fully saturated rings. The summed E-state index contributed by atoms with van der Waals surface area (Å²) >= 11 is 0. The molecule has 0 aliphatic heterocycles. The number of rotatable bonds is 5. The van der Waals surface area contributed by atoms with Crippen molar-refractivity contribution in [1.82, 2.24) is 0 Å². The van der Waals surface area contributed by atoms with Gasteiger partial charge in [-0.05, 0) is 17.5 Å². The second kappa shape index (κ2) is 6.39. The third-order valence-corrected chi connectivity index (χ3v) is 3.01. The van der Waals surface area contributed by atoms with Gasteiger partial charge in [-0.15, -0.1) is 0 Å². The van der Waals surface area contributed by atoms with Crippen LogP contribution < -0.4 is 0 Å². The summed E-state index contributed by atoms with van der Waals surface area (Å²) in [6, 6.07) is 5.01. The molecule has 2 atom stereocenters. The Balaban J connectivity index is 2.82. The lowest BCUT2D eigenvalue weighted by atomic mass is 9.95. The van der Waals surface area contributed by atoms with Gasteiger partial charge < -0.3 is 9.84 Å². The number of alkyl halides is 3. The smallest absolute Gasteiger partial charge is 0.390 e. The lowest BCUT2D eigenvalue weighted by molar-refractivity contribution is -0.137. The molecule has 108 valence electrons. The predicted octanol–water partition coefficient (Wildman–Crippen LogP) is 3.28. The minimum atomic E-state index is -4.36. The normalized spacial score (nSPS) is 15.6. The van der Waals surface area contributed by atoms with Gasteiger partial charge in [0.25, 0.3) is 0 Å². The van der Waals surface area contributed by atoms with E-state index in [0.29, 0.717) is 5.56 Å². The molecule has 0 aliphatic rings. The summed E-state index contributed by atoms with van der Waals surface area (Å²) in [7, 11) is 1.49. The van der Waals surface area contributed by atoms with E-state index >= 15 is 0 Å². The summed E-state index contributed by atoms with van der Waals surface area (Å²) in [4.78, 5) is 0. The Labute approximate surface area is 111 Å². The van der Waals surface area contributed by atoms with Crippen molar-refractivity contribution in [2.75, 3.05) is 7.11 Å². The highest BCUT2D eigenvalue weighted by atomic mass is 19.4. The number of halogens is 3. The molecule has 1 aromatic carbocycles. The Kier molecular flexibility index (Phi) is 5.38. The molecule has 0 bridgehead atoms. The number of ether oxygens (including phenoxy) is 1. The van der Waals surface area contributed by atoms with Crippen LogP contribution in [0, 0.1) is 5.92 Å². The van der Waals surface area contributed by atoms with Gasteiger partial charge in [0.15, 0.2) is 0 Å². The van der Waals surface area contributed by atoms with Crippen LogP contribution in [0.2, 0.25) is 0 Å². The molecule has 5 heteroatoms. The van der Waals surface area contributed by atoms with Gasteiger partial charge in [-0.1, -0.05) is 32.0 Å². The molecule has 0 radical (unpaired) electrons. The van der Waals surface area contributed by atoms with Gasteiger partial charge in [0.1, 0.15) is 0 Å². The molecule has 0 amide bonds. The first kappa shape index (κ1) is 16.0. The maximum atomic E-state index is 12.6. The molecule has 19 heavy (non-hydrogen) atoms. The van der Waals surface area contributed by atoms with Gasteiger partial charge in [-0.25, -0.2) is 0 Å². The van der Waals surface area contributed by atoms with Crippen LogP contribution in [-0.4, -0.2) is 24.4 Å². The number of hydrogen-bond acceptors (Lipinski definition) is 2. The highest BCUT2D eigenvalue weighted by Crippen LogP contribution is 2.30. The SMILES string of the molecule is COC(C(C)C)C(O)Cc1cccc(C(F)(F)F)c1. The summed E-state index contributed by atoms with van der Waals surface area (Å²) in [5, 5.41) is 10.0. The number of aliphatic hydroxyl groups is 1. The van der Waals surface area contributed by atoms with E-state index in [1.807, 2.05) is 13.8 Å². The lowest BCUT2D eigenvalue weighted by Crippen LogP contribution is -2.34. The standard InChI is InChI=1S/C14H19F3O2/c1-9(2)13(19-3)12(18)8-10-5-4-6-11(7-10)14(15,16)17/h4-7,9,12-13,18H,8H2,1-3H3. The molecule has 1 aromatic rings. The molecule has 1 rings (SSSR count). The Morgan fingerprint density at radius 3 is 2.37 bits per heavy atom. The van der Waals surface area contributed by atoms with Crippen molar-refractivity contribution in [3.05, 3.63) is 35.4 Å². The molecule has 1 N–H and O–H groups in total. The topological polar surface area (TPSA) is 29.5 Å². The minimum absolute atomic E-state index is 0.0887. The summed E-state index contributed by atoms with van der Waals surface area (Å²) in [5.41, 5.74) is -0.249. The van der Waals surface area contributed by atoms with E-state index in [1.165, 1.54) is 13.2 Å². The van der Waals surface area contributed by atoms with E-state index in [1.54, 1.807) is 6.07 Å². The fourth-order valence-corrected chi connectivity index (χ4v) is 2.11. The molecule has 0 spiro atoms. The number of benzene rings is 1. The monoisotopic (exact) mass is 276 g/mol. The van der Waals surface area contributed by atoms with Crippen LogP contribution in [0.5, 0.6) is 0 Å². The zero-order chi connectivity index (χ0) is 14.6. The molecule has 0 saturated heterocycles. The first-order chi connectivity index (χ1) is 8.75. The van der Waals surface area contributed by atoms with E-state index in [2.05, 4.69) is 0 Å². The maximum absolute atomic E-state index is 12.6. The van der Waals surface area contributed by atoms with Crippen LogP contribution in [0.15, 0.2) is 24.3 Å². The van der Waals surface area contributed by atoms with Crippen molar-refractivity contribution in [1.29, 1.82) is 0 Å². The van der Waals surface area contributed by atoms with Gasteiger partial charge in [-0.2, -0.15) is 13.2 Å². The van der Waals surface area contributed by atoms with Gasteiger partial charge in [0.2, 0.25) is 0 Å². The van der Waals surface area contributed by atoms with Crippen molar-refractivity contribution >= 4 is 0 Å². The van der Waals surface area contributed by atoms with Gasteiger partial charge >= 0.3 is 6.18 Å². The average Bonchev–Trinajstić information content (AvgIpc) is 2.28. The van der Waals surface area contributed by atoms with Crippen molar-refractivity contribution in [2.24, 2.45) is 5.92 Å². The fourth-order valence-electron chi connectivity index (χ4n) is 2.11. The highest BCUT2D eigenvalue weighted by Gasteiger charge is 2.31. The fraction of sp³-hybridized carbons (Fsp3) is 0.571. The maximum Gasteiger partial charge on any atom is 0.416 e. The molecule has 2 nitrogen and oxygen atoms in total. The summed E-state index contributed by atoms with van der Waals surface area (Å²) < 4.78 is 42.9. The molecule has 2 unspecified atom stereocenters. The third kappa shape index (κ3) is 4.51. The van der Waals surface area contributed by atoms with E-state index in [-0.39, 0.29) is 12.3 Å². The molecule has 0 aliphatic carbocycles. The number of aliphatic hydroxyl groups excluding tert-OH is 1. The van der Waals surface area contributed by atoms with E-state index in [4.69, 9.17) is 4.74 Å². The van der Waals surface area contributed by atoms with Gasteiger partial charge in [-0.3, -0.25) is 0 Å². The van der Waals surface area contributed by atoms with Crippen LogP contribution >= 0.6 is 0 Å². The Morgan fingerprint density at radius 2 is 1.89 bits per heavy atom. The predicted molar refractivity (Wildman–Crippen MR) is 66.8 cm³/mol. The third-order valence-electron chi connectivity index (χ3n) is 3.01. The van der Waals surface area contributed by atoms with Crippen molar-refractivity contribution in [3.8, 4) is 0 Å². The summed E-state index contributed by atoms with van der Waals surface area (Å²) in [6.07, 6.45) is -5.44. The minimum Gasteiger partial charge on any atom is -0.390 e. The zero-order valence-corrected chi connectivity index (χ0v) is 11.2. The van der Waals surface area contributed by atoms with Crippen molar-refractivity contribution in [3.63, 3.8) is 0 Å². The second-order valence-corrected chi connectivity index (χ2v) is 4.91. The van der Waals surface area contributed by atoms with Crippen LogP contribution in [0.3, 0.4) is 0 Å². The van der Waals surface area contributed by atoms with Crippen molar-refractivity contribution in [2.45, 2.75) is 38.7 Å². The van der Waals surface area contributed by atoms with E-state index < -0.39 is 23.9 Å². The largest absolute Gasteiger partial charge is 0.416 e. The van der Waals surface area contributed by atoms with Gasteiger partial charge in [0.05, 0.1) is 17.8 Å². The summed E-state index contributed by atoms with van der Waals surface area (Å²) in [6.45, 7) is 3.78. The first-order valence-electron chi connectivity index (χ1n) is 6.12. The average molecular weight is 276 g/mol. The highest BCUT2D eigenvalue weighted by molar-refractivity contribution is 5.26. The van der Waals surface area contributed by atoms with Gasteiger partial charge in [0, 0.05) is 13.5 Å². The van der Waals surface area contributed by atoms with Crippen LogP contribution in [0.4, 0.5) is 13.2 Å². The summed E-state index contributed by atoms with van der Waals surface area (Å²) in [5.74, 6) is 0.0887. The second-order valence-electron chi connectivity index (χ2n) is 4.91. The number of methoxy groups -OCH3 is 1. The molecule has 0 aromatic heterocycles. The Bertz CT molecular complexity index is 402. The van der Waals surface area contributed by atoms with Crippen LogP contribution in [0.25, 0.3) is 0 Å². The molecule has 0 heterocycles. The van der Waals surface area contributed by atoms with Crippen molar-refractivity contribution < 1.29 is 23.0 Å². The zero-order valence-electron chi connectivity index (χ0n) is 11.2. The first-order valence-corrected chi connectivity index (χ1v) is 6.12. The number of hydrogen-bond donors (Lipinski definition) is 1. The molecular weight excluding hydrogens is 257 g/mol. The van der Waals surface area contributed by atoms with Crippen LogP contribution in [-0.2, 0) is 17.3 Å². The molecule has 0 saturated carbocycles.